The molecule has 0 aliphatic heterocycles. The van der Waals surface area contributed by atoms with Crippen molar-refractivity contribution in [2.24, 2.45) is 7.05 Å². The fourth-order valence-corrected chi connectivity index (χ4v) is 1.82. The van der Waals surface area contributed by atoms with Crippen molar-refractivity contribution in [2.75, 3.05) is 11.1 Å². The molecule has 0 aliphatic rings. The quantitative estimate of drug-likeness (QED) is 0.872. The Morgan fingerprint density at radius 1 is 1.47 bits per heavy atom. The molecule has 0 unspecified atom stereocenters. The fourth-order valence-electron chi connectivity index (χ4n) is 1.82. The number of amides is 1. The zero-order valence-corrected chi connectivity index (χ0v) is 11.4. The molecule has 3 N–H and O–H groups in total. The summed E-state index contributed by atoms with van der Waals surface area (Å²) in [5, 5.41) is 10.6. The van der Waals surface area contributed by atoms with E-state index in [1.807, 2.05) is 20.8 Å². The molecule has 0 aromatic carbocycles. The van der Waals surface area contributed by atoms with E-state index in [1.54, 1.807) is 7.05 Å². The van der Waals surface area contributed by atoms with Crippen LogP contribution in [0.4, 0.5) is 11.6 Å². The number of nitrogens with one attached hydrogen (secondary N) is 1. The summed E-state index contributed by atoms with van der Waals surface area (Å²) in [4.78, 5) is 12.2. The maximum absolute atomic E-state index is 12.2. The van der Waals surface area contributed by atoms with E-state index in [0.717, 1.165) is 11.3 Å². The van der Waals surface area contributed by atoms with Crippen molar-refractivity contribution in [1.29, 1.82) is 0 Å². The largest absolute Gasteiger partial charge is 0.395 e. The number of nitrogens with zero attached hydrogens (tertiary/aromatic N) is 3. The number of aromatic nitrogens is 3. The third kappa shape index (κ3) is 2.18. The lowest BCUT2D eigenvalue weighted by molar-refractivity contribution is 0.101. The van der Waals surface area contributed by atoms with E-state index in [2.05, 4.69) is 15.6 Å². The molecule has 0 spiro atoms. The molecule has 0 radical (unpaired) electrons. The van der Waals surface area contributed by atoms with Gasteiger partial charge in [-0.1, -0.05) is 12.1 Å². The highest BCUT2D eigenvalue weighted by Crippen LogP contribution is 2.21. The molecule has 19 heavy (non-hydrogen) atoms. The summed E-state index contributed by atoms with van der Waals surface area (Å²) in [6.07, 6.45) is 0.674. The first-order valence-electron chi connectivity index (χ1n) is 6.01. The van der Waals surface area contributed by atoms with Crippen molar-refractivity contribution in [2.45, 2.75) is 27.2 Å². The summed E-state index contributed by atoms with van der Waals surface area (Å²) >= 11 is 0. The van der Waals surface area contributed by atoms with Gasteiger partial charge in [-0.15, -0.1) is 0 Å². The molecule has 0 fully saturated rings. The van der Waals surface area contributed by atoms with Crippen molar-refractivity contribution >= 4 is 17.5 Å². The Kier molecular flexibility index (Phi) is 3.28. The van der Waals surface area contributed by atoms with Gasteiger partial charge in [-0.25, -0.2) is 0 Å². The Balaban J connectivity index is 2.30. The molecule has 1 amide bonds. The zero-order chi connectivity index (χ0) is 14.2. The predicted octanol–water partition coefficient (Wildman–Crippen LogP) is 1.42. The molecule has 102 valence electrons. The van der Waals surface area contributed by atoms with E-state index in [0.29, 0.717) is 29.4 Å². The predicted molar refractivity (Wildman–Crippen MR) is 70.9 cm³/mol. The second kappa shape index (κ2) is 4.75. The monoisotopic (exact) mass is 263 g/mol. The zero-order valence-electron chi connectivity index (χ0n) is 11.4. The second-order valence-corrected chi connectivity index (χ2v) is 4.36. The van der Waals surface area contributed by atoms with Crippen molar-refractivity contribution in [3.63, 3.8) is 0 Å². The molecule has 2 aromatic heterocycles. The fraction of sp³-hybridized carbons (Fsp3) is 0.417. The maximum atomic E-state index is 12.2. The third-order valence-corrected chi connectivity index (χ3v) is 3.09. The van der Waals surface area contributed by atoms with Crippen LogP contribution in [0.25, 0.3) is 0 Å². The van der Waals surface area contributed by atoms with Crippen LogP contribution in [0.15, 0.2) is 4.52 Å². The van der Waals surface area contributed by atoms with Gasteiger partial charge in [0.25, 0.3) is 5.91 Å². The van der Waals surface area contributed by atoms with Gasteiger partial charge in [-0.2, -0.15) is 5.10 Å². The van der Waals surface area contributed by atoms with E-state index >= 15 is 0 Å². The normalized spacial score (nSPS) is 10.7. The Hall–Kier alpha value is -2.31. The number of carbonyl (C=O) groups excluding carboxylic acids is 1. The van der Waals surface area contributed by atoms with Gasteiger partial charge in [0.15, 0.2) is 0 Å². The first-order chi connectivity index (χ1) is 8.95. The molecule has 0 saturated carbocycles. The molecule has 0 saturated heterocycles. The van der Waals surface area contributed by atoms with Gasteiger partial charge in [-0.05, 0) is 20.3 Å². The van der Waals surface area contributed by atoms with Gasteiger partial charge in [-0.3, -0.25) is 14.8 Å². The Labute approximate surface area is 110 Å². The average Bonchev–Trinajstić information content (AvgIpc) is 2.83. The molecule has 2 aromatic rings. The molecule has 0 bridgehead atoms. The van der Waals surface area contributed by atoms with Gasteiger partial charge in [0, 0.05) is 12.6 Å². The van der Waals surface area contributed by atoms with Gasteiger partial charge in [0.2, 0.25) is 5.88 Å². The number of nitrogen functional groups attached to an aromatic ring is 1. The van der Waals surface area contributed by atoms with Crippen LogP contribution in [-0.2, 0) is 13.5 Å². The number of hydrogen-bond acceptors (Lipinski definition) is 5. The van der Waals surface area contributed by atoms with Crippen LogP contribution >= 0.6 is 0 Å². The van der Waals surface area contributed by atoms with Gasteiger partial charge >= 0.3 is 0 Å². The van der Waals surface area contributed by atoms with E-state index in [-0.39, 0.29) is 5.91 Å². The molecular weight excluding hydrogens is 246 g/mol. The van der Waals surface area contributed by atoms with Crippen LogP contribution in [0.1, 0.15) is 34.4 Å². The highest BCUT2D eigenvalue weighted by molar-refractivity contribution is 6.06. The number of rotatable bonds is 3. The van der Waals surface area contributed by atoms with E-state index < -0.39 is 0 Å². The molecule has 2 rings (SSSR count). The number of anilines is 2. The molecule has 0 aliphatic carbocycles. The third-order valence-electron chi connectivity index (χ3n) is 3.09. The highest BCUT2D eigenvalue weighted by atomic mass is 16.5. The average molecular weight is 263 g/mol. The standard InChI is InChI=1S/C12H17N5O2/c1-5-8-9(13)10(17(4)15-8)11(18)14-12-6(2)7(3)16-19-12/h5,13H2,1-4H3,(H,14,18). The molecule has 0 atom stereocenters. The van der Waals surface area contributed by atoms with Crippen molar-refractivity contribution in [1.82, 2.24) is 14.9 Å². The molecule has 2 heterocycles. The van der Waals surface area contributed by atoms with Crippen LogP contribution in [0.3, 0.4) is 0 Å². The van der Waals surface area contributed by atoms with Crippen LogP contribution in [0.5, 0.6) is 0 Å². The lowest BCUT2D eigenvalue weighted by Gasteiger charge is -2.03. The number of hydrogen-bond donors (Lipinski definition) is 2. The van der Waals surface area contributed by atoms with Crippen LogP contribution < -0.4 is 11.1 Å². The van der Waals surface area contributed by atoms with Crippen molar-refractivity contribution < 1.29 is 9.32 Å². The summed E-state index contributed by atoms with van der Waals surface area (Å²) in [6, 6.07) is 0. The Morgan fingerprint density at radius 3 is 2.63 bits per heavy atom. The number of nitrogens with two attached hydrogens (primary N) is 1. The minimum atomic E-state index is -0.355. The van der Waals surface area contributed by atoms with E-state index in [1.165, 1.54) is 4.68 Å². The second-order valence-electron chi connectivity index (χ2n) is 4.36. The molecular formula is C12H17N5O2. The summed E-state index contributed by atoms with van der Waals surface area (Å²) in [6.45, 7) is 5.57. The minimum absolute atomic E-state index is 0.324. The summed E-state index contributed by atoms with van der Waals surface area (Å²) < 4.78 is 6.52. The first-order valence-corrected chi connectivity index (χ1v) is 6.01. The lowest BCUT2D eigenvalue weighted by atomic mass is 10.2. The first kappa shape index (κ1) is 13.1. The molecule has 7 heteroatoms. The Morgan fingerprint density at radius 2 is 2.16 bits per heavy atom. The highest BCUT2D eigenvalue weighted by Gasteiger charge is 2.21. The number of carbonyl (C=O) groups is 1. The SMILES string of the molecule is CCc1nn(C)c(C(=O)Nc2onc(C)c2C)c1N. The molecule has 7 nitrogen and oxygen atoms in total. The topological polar surface area (TPSA) is 99.0 Å². The lowest BCUT2D eigenvalue weighted by Crippen LogP contribution is -2.17. The maximum Gasteiger partial charge on any atom is 0.278 e. The Bertz CT molecular complexity index is 626. The summed E-state index contributed by atoms with van der Waals surface area (Å²) in [5.41, 5.74) is 8.89. The van der Waals surface area contributed by atoms with Crippen LogP contribution in [0, 0.1) is 13.8 Å². The minimum Gasteiger partial charge on any atom is -0.395 e. The van der Waals surface area contributed by atoms with Crippen molar-refractivity contribution in [3.8, 4) is 0 Å². The summed E-state index contributed by atoms with van der Waals surface area (Å²) in [7, 11) is 1.68. The smallest absolute Gasteiger partial charge is 0.278 e. The van der Waals surface area contributed by atoms with Gasteiger partial charge in [0.1, 0.15) is 5.69 Å². The van der Waals surface area contributed by atoms with Gasteiger partial charge < -0.3 is 10.3 Å². The van der Waals surface area contributed by atoms with Gasteiger partial charge in [0.05, 0.1) is 17.1 Å². The van der Waals surface area contributed by atoms with Crippen LogP contribution in [-0.4, -0.2) is 20.8 Å². The van der Waals surface area contributed by atoms with E-state index in [4.69, 9.17) is 10.3 Å². The van der Waals surface area contributed by atoms with Crippen molar-refractivity contribution in [3.05, 3.63) is 22.6 Å². The number of aryl methyl sites for hydroxylation is 3. The summed E-state index contributed by atoms with van der Waals surface area (Å²) in [5.74, 6) is -0.0207. The van der Waals surface area contributed by atoms with E-state index in [9.17, 15) is 4.79 Å². The van der Waals surface area contributed by atoms with Crippen LogP contribution in [0.2, 0.25) is 0 Å².